The highest BCUT2D eigenvalue weighted by molar-refractivity contribution is 9.10. The summed E-state index contributed by atoms with van der Waals surface area (Å²) in [5.74, 6) is -0.794. The van der Waals surface area contributed by atoms with Crippen molar-refractivity contribution in [3.05, 3.63) is 69.2 Å². The van der Waals surface area contributed by atoms with Gasteiger partial charge in [-0.05, 0) is 49.6 Å². The van der Waals surface area contributed by atoms with Gasteiger partial charge in [0, 0.05) is 4.47 Å². The molecule has 2 aromatic rings. The van der Waals surface area contributed by atoms with Crippen molar-refractivity contribution in [1.29, 1.82) is 0 Å². The van der Waals surface area contributed by atoms with Crippen LogP contribution >= 0.6 is 15.9 Å². The summed E-state index contributed by atoms with van der Waals surface area (Å²) in [6, 6.07) is 13.2. The van der Waals surface area contributed by atoms with E-state index in [1.54, 1.807) is 6.07 Å². The van der Waals surface area contributed by atoms with Gasteiger partial charge in [0.15, 0.2) is 6.61 Å². The predicted octanol–water partition coefficient (Wildman–Crippen LogP) is 4.49. The molecule has 0 bridgehead atoms. The average Bonchev–Trinajstić information content (AvgIpc) is 2.58. The van der Waals surface area contributed by atoms with Crippen LogP contribution < -0.4 is 5.32 Å². The molecule has 0 aromatic heterocycles. The van der Waals surface area contributed by atoms with Gasteiger partial charge in [-0.25, -0.2) is 4.79 Å². The lowest BCUT2D eigenvalue weighted by atomic mass is 10.0. The second-order valence-electron chi connectivity index (χ2n) is 5.97. The van der Waals surface area contributed by atoms with Crippen LogP contribution in [0.5, 0.6) is 0 Å². The number of amides is 1. The Hall–Kier alpha value is -2.14. The number of ether oxygens (including phenoxy) is 1. The lowest BCUT2D eigenvalue weighted by Gasteiger charge is -2.17. The van der Waals surface area contributed by atoms with Gasteiger partial charge in [0.05, 0.1) is 11.6 Å². The first kappa shape index (κ1) is 19.2. The Kier molecular flexibility index (Phi) is 6.76. The van der Waals surface area contributed by atoms with Gasteiger partial charge >= 0.3 is 5.97 Å². The first-order valence-electron chi connectivity index (χ1n) is 8.20. The van der Waals surface area contributed by atoms with E-state index in [2.05, 4.69) is 21.2 Å². The standard InChI is InChI=1S/C20H22BrNO3/c1-4-18(15-6-8-16(21)9-7-15)22-19(23)12-25-20(24)17-10-5-13(2)11-14(17)3/h5-11,18H,4,12H2,1-3H3,(H,22,23)/t18-/m1/s1. The summed E-state index contributed by atoms with van der Waals surface area (Å²) in [7, 11) is 0. The van der Waals surface area contributed by atoms with Crippen molar-refractivity contribution in [1.82, 2.24) is 5.32 Å². The fourth-order valence-electron chi connectivity index (χ4n) is 2.60. The molecule has 1 N–H and O–H groups in total. The van der Waals surface area contributed by atoms with E-state index in [0.29, 0.717) is 5.56 Å². The van der Waals surface area contributed by atoms with Crippen molar-refractivity contribution in [3.8, 4) is 0 Å². The Morgan fingerprint density at radius 1 is 1.12 bits per heavy atom. The van der Waals surface area contributed by atoms with Gasteiger partial charge in [-0.2, -0.15) is 0 Å². The maximum Gasteiger partial charge on any atom is 0.338 e. The van der Waals surface area contributed by atoms with Crippen molar-refractivity contribution in [3.63, 3.8) is 0 Å². The Morgan fingerprint density at radius 3 is 2.40 bits per heavy atom. The quantitative estimate of drug-likeness (QED) is 0.722. The van der Waals surface area contributed by atoms with Crippen LogP contribution in [-0.4, -0.2) is 18.5 Å². The smallest absolute Gasteiger partial charge is 0.338 e. The number of nitrogens with one attached hydrogen (secondary N) is 1. The molecule has 132 valence electrons. The molecule has 1 amide bonds. The molecule has 2 aromatic carbocycles. The summed E-state index contributed by atoms with van der Waals surface area (Å²) >= 11 is 3.40. The summed E-state index contributed by atoms with van der Waals surface area (Å²) < 4.78 is 6.14. The second kappa shape index (κ2) is 8.81. The number of benzene rings is 2. The Balaban J connectivity index is 1.92. The highest BCUT2D eigenvalue weighted by atomic mass is 79.9. The van der Waals surface area contributed by atoms with Gasteiger partial charge in [0.25, 0.3) is 5.91 Å². The molecule has 0 saturated carbocycles. The molecule has 0 radical (unpaired) electrons. The third kappa shape index (κ3) is 5.43. The molecule has 0 aliphatic carbocycles. The van der Waals surface area contributed by atoms with Crippen molar-refractivity contribution in [2.75, 3.05) is 6.61 Å². The SMILES string of the molecule is CC[C@@H](NC(=O)COC(=O)c1ccc(C)cc1C)c1ccc(Br)cc1. The molecule has 2 rings (SSSR count). The molecule has 0 spiro atoms. The highest BCUT2D eigenvalue weighted by Gasteiger charge is 2.16. The van der Waals surface area contributed by atoms with Crippen molar-refractivity contribution >= 4 is 27.8 Å². The van der Waals surface area contributed by atoms with Crippen LogP contribution in [0.2, 0.25) is 0 Å². The van der Waals surface area contributed by atoms with Crippen LogP contribution in [0.25, 0.3) is 0 Å². The van der Waals surface area contributed by atoms with Crippen molar-refractivity contribution in [2.24, 2.45) is 0 Å². The summed E-state index contributed by atoms with van der Waals surface area (Å²) in [5.41, 5.74) is 3.41. The lowest BCUT2D eigenvalue weighted by Crippen LogP contribution is -2.32. The summed E-state index contributed by atoms with van der Waals surface area (Å²) in [6.45, 7) is 5.51. The molecule has 0 aliphatic rings. The van der Waals surface area contributed by atoms with E-state index >= 15 is 0 Å². The summed E-state index contributed by atoms with van der Waals surface area (Å²) in [5, 5.41) is 2.90. The minimum atomic E-state index is -0.482. The van der Waals surface area contributed by atoms with Crippen LogP contribution in [0.15, 0.2) is 46.9 Å². The van der Waals surface area contributed by atoms with Gasteiger partial charge in [-0.3, -0.25) is 4.79 Å². The van der Waals surface area contributed by atoms with Crippen LogP contribution in [0.1, 0.15) is 46.4 Å². The molecule has 0 fully saturated rings. The molecule has 25 heavy (non-hydrogen) atoms. The third-order valence-electron chi connectivity index (χ3n) is 3.95. The monoisotopic (exact) mass is 403 g/mol. The van der Waals surface area contributed by atoms with E-state index in [0.717, 1.165) is 27.6 Å². The minimum Gasteiger partial charge on any atom is -0.452 e. The average molecular weight is 404 g/mol. The van der Waals surface area contributed by atoms with Crippen LogP contribution in [-0.2, 0) is 9.53 Å². The molecule has 0 saturated heterocycles. The molecule has 0 aliphatic heterocycles. The second-order valence-corrected chi connectivity index (χ2v) is 6.89. The number of halogens is 1. The number of esters is 1. The van der Waals surface area contributed by atoms with Gasteiger partial charge < -0.3 is 10.1 Å². The molecular weight excluding hydrogens is 382 g/mol. The zero-order valence-electron chi connectivity index (χ0n) is 14.6. The third-order valence-corrected chi connectivity index (χ3v) is 4.48. The topological polar surface area (TPSA) is 55.4 Å². The largest absolute Gasteiger partial charge is 0.452 e. The van der Waals surface area contributed by atoms with Crippen LogP contribution in [0, 0.1) is 13.8 Å². The van der Waals surface area contributed by atoms with Crippen molar-refractivity contribution < 1.29 is 14.3 Å². The van der Waals surface area contributed by atoms with E-state index in [9.17, 15) is 9.59 Å². The minimum absolute atomic E-state index is 0.111. The molecule has 4 nitrogen and oxygen atoms in total. The maximum absolute atomic E-state index is 12.1. The Labute approximate surface area is 156 Å². The van der Waals surface area contributed by atoms with E-state index in [-0.39, 0.29) is 18.6 Å². The fraction of sp³-hybridized carbons (Fsp3) is 0.300. The normalized spacial score (nSPS) is 11.7. The first-order valence-corrected chi connectivity index (χ1v) is 8.99. The molecule has 5 heteroatoms. The van der Waals surface area contributed by atoms with E-state index in [1.807, 2.05) is 57.2 Å². The molecular formula is C20H22BrNO3. The highest BCUT2D eigenvalue weighted by Crippen LogP contribution is 2.19. The van der Waals surface area contributed by atoms with E-state index in [4.69, 9.17) is 4.74 Å². The maximum atomic E-state index is 12.1. The molecule has 0 heterocycles. The van der Waals surface area contributed by atoms with Gasteiger partial charge in [0.1, 0.15) is 0 Å². The Bertz CT molecular complexity index is 756. The number of aryl methyl sites for hydroxylation is 2. The van der Waals surface area contributed by atoms with Crippen molar-refractivity contribution in [2.45, 2.75) is 33.2 Å². The Morgan fingerprint density at radius 2 is 1.80 bits per heavy atom. The van der Waals surface area contributed by atoms with Gasteiger partial charge in [-0.1, -0.05) is 52.7 Å². The number of hydrogen-bond acceptors (Lipinski definition) is 3. The van der Waals surface area contributed by atoms with Crippen LogP contribution in [0.4, 0.5) is 0 Å². The first-order chi connectivity index (χ1) is 11.9. The summed E-state index contributed by atoms with van der Waals surface area (Å²) in [6.07, 6.45) is 0.748. The summed E-state index contributed by atoms with van der Waals surface area (Å²) in [4.78, 5) is 24.3. The lowest BCUT2D eigenvalue weighted by molar-refractivity contribution is -0.125. The number of hydrogen-bond donors (Lipinski definition) is 1. The predicted molar refractivity (Wildman–Crippen MR) is 102 cm³/mol. The van der Waals surface area contributed by atoms with Gasteiger partial charge in [-0.15, -0.1) is 0 Å². The zero-order valence-corrected chi connectivity index (χ0v) is 16.2. The van der Waals surface area contributed by atoms with E-state index in [1.165, 1.54) is 0 Å². The molecule has 0 unspecified atom stereocenters. The van der Waals surface area contributed by atoms with Gasteiger partial charge in [0.2, 0.25) is 0 Å². The number of carbonyl (C=O) groups excluding carboxylic acids is 2. The fourth-order valence-corrected chi connectivity index (χ4v) is 2.87. The molecule has 1 atom stereocenters. The number of carbonyl (C=O) groups is 2. The van der Waals surface area contributed by atoms with Crippen LogP contribution in [0.3, 0.4) is 0 Å². The van der Waals surface area contributed by atoms with E-state index < -0.39 is 5.97 Å². The number of rotatable bonds is 6. The zero-order chi connectivity index (χ0) is 18.4.